The number of hydrogen-bond donors (Lipinski definition) is 1. The molecular weight excluding hydrogens is 256 g/mol. The SMILES string of the molecule is CC(C)C(=O)O.CC(C)C(=O)OC#CC(C)(C)C(C)C. The summed E-state index contributed by atoms with van der Waals surface area (Å²) in [5.74, 6) is 2.03. The van der Waals surface area contributed by atoms with Crippen molar-refractivity contribution in [3.8, 4) is 12.0 Å². The molecule has 0 bridgehead atoms. The van der Waals surface area contributed by atoms with Gasteiger partial charge in [0.1, 0.15) is 6.11 Å². The van der Waals surface area contributed by atoms with Crippen LogP contribution in [-0.4, -0.2) is 17.0 Å². The Bertz CT molecular complexity index is 368. The Morgan fingerprint density at radius 1 is 1.00 bits per heavy atom. The molecule has 0 aliphatic rings. The summed E-state index contributed by atoms with van der Waals surface area (Å²) in [6.07, 6.45) is 2.49. The zero-order chi connectivity index (χ0) is 16.5. The quantitative estimate of drug-likeness (QED) is 0.636. The lowest BCUT2D eigenvalue weighted by Gasteiger charge is -2.21. The molecule has 0 aromatic carbocycles. The highest BCUT2D eigenvalue weighted by Crippen LogP contribution is 2.24. The van der Waals surface area contributed by atoms with Crippen molar-refractivity contribution >= 4 is 11.9 Å². The van der Waals surface area contributed by atoms with E-state index < -0.39 is 5.97 Å². The molecule has 0 amide bonds. The molecule has 0 atom stereocenters. The van der Waals surface area contributed by atoms with Gasteiger partial charge in [-0.2, -0.15) is 0 Å². The van der Waals surface area contributed by atoms with Gasteiger partial charge in [-0.15, -0.1) is 0 Å². The minimum Gasteiger partial charge on any atom is -0.481 e. The van der Waals surface area contributed by atoms with Crippen LogP contribution in [-0.2, 0) is 14.3 Å². The first-order valence-corrected chi connectivity index (χ1v) is 6.87. The van der Waals surface area contributed by atoms with Crippen LogP contribution in [0.25, 0.3) is 0 Å². The summed E-state index contributed by atoms with van der Waals surface area (Å²) in [6, 6.07) is 0. The molecular formula is C16H28O4. The summed E-state index contributed by atoms with van der Waals surface area (Å²) >= 11 is 0. The number of carbonyl (C=O) groups excluding carboxylic acids is 1. The Hall–Kier alpha value is -1.50. The van der Waals surface area contributed by atoms with Crippen molar-refractivity contribution < 1.29 is 19.4 Å². The van der Waals surface area contributed by atoms with Crippen LogP contribution in [0.3, 0.4) is 0 Å². The first kappa shape index (κ1) is 20.8. The van der Waals surface area contributed by atoms with Crippen LogP contribution in [0, 0.1) is 35.2 Å². The maximum atomic E-state index is 11.1. The largest absolute Gasteiger partial charge is 0.481 e. The lowest BCUT2D eigenvalue weighted by atomic mass is 9.82. The number of rotatable bonds is 3. The van der Waals surface area contributed by atoms with Gasteiger partial charge in [0.05, 0.1) is 11.8 Å². The highest BCUT2D eigenvalue weighted by Gasteiger charge is 2.19. The van der Waals surface area contributed by atoms with Crippen molar-refractivity contribution in [1.82, 2.24) is 0 Å². The zero-order valence-corrected chi connectivity index (χ0v) is 13.9. The molecule has 0 aliphatic carbocycles. The molecule has 20 heavy (non-hydrogen) atoms. The Morgan fingerprint density at radius 2 is 1.40 bits per heavy atom. The van der Waals surface area contributed by atoms with E-state index in [4.69, 9.17) is 9.84 Å². The maximum Gasteiger partial charge on any atom is 0.322 e. The average molecular weight is 284 g/mol. The van der Waals surface area contributed by atoms with Crippen molar-refractivity contribution in [3.05, 3.63) is 0 Å². The van der Waals surface area contributed by atoms with Gasteiger partial charge in [0.25, 0.3) is 0 Å². The molecule has 0 aromatic rings. The van der Waals surface area contributed by atoms with Crippen molar-refractivity contribution in [2.24, 2.45) is 23.2 Å². The summed E-state index contributed by atoms with van der Waals surface area (Å²) in [5.41, 5.74) is -0.114. The lowest BCUT2D eigenvalue weighted by Crippen LogP contribution is -2.17. The van der Waals surface area contributed by atoms with Gasteiger partial charge in [-0.25, -0.2) is 0 Å². The molecule has 1 N–H and O–H groups in total. The minimum absolute atomic E-state index is 0.114. The van der Waals surface area contributed by atoms with Gasteiger partial charge in [0.2, 0.25) is 0 Å². The van der Waals surface area contributed by atoms with Crippen LogP contribution < -0.4 is 0 Å². The average Bonchev–Trinajstić information content (AvgIpc) is 2.28. The van der Waals surface area contributed by atoms with Crippen LogP contribution in [0.15, 0.2) is 0 Å². The third-order valence-electron chi connectivity index (χ3n) is 2.93. The first-order valence-electron chi connectivity index (χ1n) is 6.87. The van der Waals surface area contributed by atoms with E-state index in [2.05, 4.69) is 25.9 Å². The fourth-order valence-corrected chi connectivity index (χ4v) is 0.470. The van der Waals surface area contributed by atoms with Crippen LogP contribution in [0.4, 0.5) is 0 Å². The second-order valence-corrected chi connectivity index (χ2v) is 6.17. The molecule has 0 radical (unpaired) electrons. The van der Waals surface area contributed by atoms with E-state index in [-0.39, 0.29) is 23.2 Å². The Labute approximate surface area is 122 Å². The molecule has 4 nitrogen and oxygen atoms in total. The molecule has 0 aliphatic heterocycles. The predicted octanol–water partition coefficient (Wildman–Crippen LogP) is 3.56. The number of carbonyl (C=O) groups is 2. The van der Waals surface area contributed by atoms with Crippen LogP contribution >= 0.6 is 0 Å². The monoisotopic (exact) mass is 284 g/mol. The first-order chi connectivity index (χ1) is 8.91. The Balaban J connectivity index is 0. The van der Waals surface area contributed by atoms with E-state index in [1.165, 1.54) is 0 Å². The fourth-order valence-electron chi connectivity index (χ4n) is 0.470. The molecule has 0 spiro atoms. The number of carboxylic acid groups (broad SMARTS) is 1. The highest BCUT2D eigenvalue weighted by atomic mass is 16.5. The van der Waals surface area contributed by atoms with Gasteiger partial charge in [-0.1, -0.05) is 47.5 Å². The number of ether oxygens (including phenoxy) is 1. The zero-order valence-electron chi connectivity index (χ0n) is 13.9. The van der Waals surface area contributed by atoms with Gasteiger partial charge >= 0.3 is 11.9 Å². The van der Waals surface area contributed by atoms with E-state index in [0.717, 1.165) is 0 Å². The second kappa shape index (κ2) is 9.41. The molecule has 116 valence electrons. The van der Waals surface area contributed by atoms with Crippen molar-refractivity contribution in [2.75, 3.05) is 0 Å². The van der Waals surface area contributed by atoms with Crippen molar-refractivity contribution in [3.63, 3.8) is 0 Å². The molecule has 0 saturated carbocycles. The summed E-state index contributed by atoms with van der Waals surface area (Å²) < 4.78 is 4.79. The van der Waals surface area contributed by atoms with E-state index in [0.29, 0.717) is 5.92 Å². The topological polar surface area (TPSA) is 63.6 Å². The number of carboxylic acids is 1. The molecule has 0 fully saturated rings. The molecule has 0 saturated heterocycles. The van der Waals surface area contributed by atoms with Crippen LogP contribution in [0.5, 0.6) is 0 Å². The summed E-state index contributed by atoms with van der Waals surface area (Å²) in [7, 11) is 0. The minimum atomic E-state index is -0.741. The third kappa shape index (κ3) is 10.4. The van der Waals surface area contributed by atoms with E-state index >= 15 is 0 Å². The number of esters is 1. The fraction of sp³-hybridized carbons (Fsp3) is 0.750. The standard InChI is InChI=1S/C12H20O2.C4H8O2/c1-9(2)11(13)14-8-7-12(5,6)10(3)4;1-3(2)4(5)6/h9-10H,1-6H3;3H,1-2H3,(H,5,6). The van der Waals surface area contributed by atoms with Gasteiger partial charge in [-0.3, -0.25) is 9.59 Å². The maximum absolute atomic E-state index is 11.1. The summed E-state index contributed by atoms with van der Waals surface area (Å²) in [6.45, 7) is 15.1. The molecule has 4 heteroatoms. The number of hydrogen-bond acceptors (Lipinski definition) is 3. The summed E-state index contributed by atoms with van der Waals surface area (Å²) in [4.78, 5) is 20.8. The summed E-state index contributed by atoms with van der Waals surface area (Å²) in [5, 5.41) is 7.99. The molecule has 0 heterocycles. The third-order valence-corrected chi connectivity index (χ3v) is 2.93. The van der Waals surface area contributed by atoms with Crippen LogP contribution in [0.1, 0.15) is 55.4 Å². The van der Waals surface area contributed by atoms with Crippen molar-refractivity contribution in [1.29, 1.82) is 0 Å². The smallest absolute Gasteiger partial charge is 0.322 e. The molecule has 0 unspecified atom stereocenters. The second-order valence-electron chi connectivity index (χ2n) is 6.17. The van der Waals surface area contributed by atoms with E-state index in [9.17, 15) is 9.59 Å². The van der Waals surface area contributed by atoms with Gasteiger partial charge in [0.15, 0.2) is 0 Å². The predicted molar refractivity (Wildman–Crippen MR) is 79.8 cm³/mol. The van der Waals surface area contributed by atoms with E-state index in [1.54, 1.807) is 27.7 Å². The Morgan fingerprint density at radius 3 is 1.65 bits per heavy atom. The Kier molecular flexibility index (Phi) is 9.79. The van der Waals surface area contributed by atoms with E-state index in [1.807, 2.05) is 13.8 Å². The van der Waals surface area contributed by atoms with Gasteiger partial charge in [-0.05, 0) is 19.8 Å². The van der Waals surface area contributed by atoms with Crippen molar-refractivity contribution in [2.45, 2.75) is 55.4 Å². The van der Waals surface area contributed by atoms with Gasteiger partial charge in [0, 0.05) is 5.41 Å². The normalized spacial score (nSPS) is 10.6. The molecule has 0 rings (SSSR count). The lowest BCUT2D eigenvalue weighted by molar-refractivity contribution is -0.141. The molecule has 0 aromatic heterocycles. The number of aliphatic carboxylic acids is 1. The van der Waals surface area contributed by atoms with Crippen LogP contribution in [0.2, 0.25) is 0 Å². The highest BCUT2D eigenvalue weighted by molar-refractivity contribution is 5.72. The van der Waals surface area contributed by atoms with Gasteiger partial charge < -0.3 is 9.84 Å².